The van der Waals surface area contributed by atoms with E-state index in [9.17, 15) is 4.39 Å². The predicted molar refractivity (Wildman–Crippen MR) is 115 cm³/mol. The van der Waals surface area contributed by atoms with E-state index in [2.05, 4.69) is 20.6 Å². The average molecular weight is 408 g/mol. The number of benzene rings is 2. The third kappa shape index (κ3) is 5.94. The molecule has 0 aliphatic heterocycles. The Labute approximate surface area is 175 Å². The third-order valence-electron chi connectivity index (χ3n) is 4.25. The van der Waals surface area contributed by atoms with Gasteiger partial charge in [-0.2, -0.15) is 0 Å². The largest absolute Gasteiger partial charge is 0.496 e. The number of nitrogens with one attached hydrogen (secondary N) is 2. The van der Waals surface area contributed by atoms with Gasteiger partial charge < -0.3 is 20.1 Å². The number of nitrogens with zero attached hydrogens (tertiary/aromatic N) is 2. The van der Waals surface area contributed by atoms with Gasteiger partial charge in [-0.15, -0.1) is 0 Å². The van der Waals surface area contributed by atoms with E-state index < -0.39 is 0 Å². The lowest BCUT2D eigenvalue weighted by atomic mass is 10.2. The van der Waals surface area contributed by atoms with Crippen molar-refractivity contribution in [3.8, 4) is 17.4 Å². The van der Waals surface area contributed by atoms with Crippen molar-refractivity contribution in [1.29, 1.82) is 0 Å². The molecule has 30 heavy (non-hydrogen) atoms. The second-order valence-electron chi connectivity index (χ2n) is 6.39. The maximum atomic E-state index is 13.4. The van der Waals surface area contributed by atoms with E-state index in [1.807, 2.05) is 43.3 Å². The summed E-state index contributed by atoms with van der Waals surface area (Å²) in [6.45, 7) is 3.63. The molecule has 0 saturated heterocycles. The van der Waals surface area contributed by atoms with Crippen LogP contribution in [0.5, 0.6) is 17.4 Å². The van der Waals surface area contributed by atoms with E-state index >= 15 is 0 Å². The highest BCUT2D eigenvalue weighted by molar-refractivity contribution is 5.79. The van der Waals surface area contributed by atoms with Crippen molar-refractivity contribution in [3.05, 3.63) is 83.8 Å². The van der Waals surface area contributed by atoms with Crippen LogP contribution in [0.3, 0.4) is 0 Å². The number of methoxy groups -OCH3 is 1. The fraction of sp³-hybridized carbons (Fsp3) is 0.217. The Balaban J connectivity index is 1.71. The average Bonchev–Trinajstić information content (AvgIpc) is 2.77. The summed E-state index contributed by atoms with van der Waals surface area (Å²) in [7, 11) is 1.65. The quantitative estimate of drug-likeness (QED) is 0.430. The van der Waals surface area contributed by atoms with Crippen LogP contribution in [0.2, 0.25) is 0 Å². The molecule has 0 fully saturated rings. The minimum absolute atomic E-state index is 0.347. The standard InChI is InChI=1S/C23H25FN4O2/c1-3-25-23(27-15-17-8-4-5-12-21(17)29-2)28-16-18-9-7-13-26-22(18)30-20-11-6-10-19(24)14-20/h4-14H,3,15-16H2,1-2H3,(H2,25,27,28). The van der Waals surface area contributed by atoms with Crippen molar-refractivity contribution in [2.75, 3.05) is 13.7 Å². The van der Waals surface area contributed by atoms with Gasteiger partial charge in [0.25, 0.3) is 0 Å². The maximum absolute atomic E-state index is 13.4. The minimum Gasteiger partial charge on any atom is -0.496 e. The Bertz CT molecular complexity index is 994. The Kier molecular flexibility index (Phi) is 7.60. The molecule has 156 valence electrons. The van der Waals surface area contributed by atoms with Gasteiger partial charge >= 0.3 is 0 Å². The number of rotatable bonds is 8. The van der Waals surface area contributed by atoms with Gasteiger partial charge in [0.05, 0.1) is 13.7 Å². The predicted octanol–water partition coefficient (Wildman–Crippen LogP) is 4.28. The number of hydrogen-bond acceptors (Lipinski definition) is 4. The fourth-order valence-corrected chi connectivity index (χ4v) is 2.81. The van der Waals surface area contributed by atoms with Crippen LogP contribution in [0.25, 0.3) is 0 Å². The van der Waals surface area contributed by atoms with Crippen molar-refractivity contribution in [2.45, 2.75) is 20.0 Å². The lowest BCUT2D eigenvalue weighted by molar-refractivity contribution is 0.409. The van der Waals surface area contributed by atoms with Gasteiger partial charge in [-0.1, -0.05) is 30.3 Å². The van der Waals surface area contributed by atoms with Crippen LogP contribution >= 0.6 is 0 Å². The van der Waals surface area contributed by atoms with Crippen LogP contribution in [0.4, 0.5) is 4.39 Å². The van der Waals surface area contributed by atoms with Gasteiger partial charge in [0.15, 0.2) is 5.96 Å². The second kappa shape index (κ2) is 10.8. The number of pyridine rings is 1. The Hall–Kier alpha value is -3.61. The topological polar surface area (TPSA) is 67.8 Å². The smallest absolute Gasteiger partial charge is 0.224 e. The zero-order valence-corrected chi connectivity index (χ0v) is 17.1. The first-order valence-electron chi connectivity index (χ1n) is 9.71. The van der Waals surface area contributed by atoms with Gasteiger partial charge in [-0.05, 0) is 31.2 Å². The molecule has 0 atom stereocenters. The van der Waals surface area contributed by atoms with E-state index in [-0.39, 0.29) is 5.82 Å². The van der Waals surface area contributed by atoms with Crippen LogP contribution in [0, 0.1) is 5.82 Å². The molecule has 1 heterocycles. The number of para-hydroxylation sites is 1. The first-order chi connectivity index (χ1) is 14.7. The third-order valence-corrected chi connectivity index (χ3v) is 4.25. The van der Waals surface area contributed by atoms with Crippen LogP contribution in [-0.2, 0) is 13.1 Å². The van der Waals surface area contributed by atoms with Crippen LogP contribution in [0.15, 0.2) is 71.9 Å². The van der Waals surface area contributed by atoms with Crippen molar-refractivity contribution < 1.29 is 13.9 Å². The molecule has 1 aromatic heterocycles. The molecule has 0 amide bonds. The number of halogens is 1. The molecule has 3 aromatic rings. The Morgan fingerprint density at radius 1 is 1.03 bits per heavy atom. The zero-order chi connectivity index (χ0) is 21.2. The molecule has 0 spiro atoms. The van der Waals surface area contributed by atoms with Crippen molar-refractivity contribution >= 4 is 5.96 Å². The lowest BCUT2D eigenvalue weighted by Gasteiger charge is -2.14. The maximum Gasteiger partial charge on any atom is 0.224 e. The summed E-state index contributed by atoms with van der Waals surface area (Å²) in [5, 5.41) is 6.53. The van der Waals surface area contributed by atoms with Gasteiger partial charge in [0.1, 0.15) is 17.3 Å². The van der Waals surface area contributed by atoms with E-state index in [0.717, 1.165) is 23.4 Å². The van der Waals surface area contributed by atoms with Crippen LogP contribution < -0.4 is 20.1 Å². The van der Waals surface area contributed by atoms with Crippen molar-refractivity contribution in [2.24, 2.45) is 4.99 Å². The summed E-state index contributed by atoms with van der Waals surface area (Å²) in [6, 6.07) is 17.5. The molecule has 3 rings (SSSR count). The van der Waals surface area contributed by atoms with Crippen LogP contribution in [-0.4, -0.2) is 24.6 Å². The normalized spacial score (nSPS) is 11.1. The summed E-state index contributed by atoms with van der Waals surface area (Å²) in [4.78, 5) is 8.91. The number of hydrogen-bond donors (Lipinski definition) is 2. The summed E-state index contributed by atoms with van der Waals surface area (Å²) < 4.78 is 24.6. The SMILES string of the molecule is CCNC(=NCc1cccnc1Oc1cccc(F)c1)NCc1ccccc1OC. The highest BCUT2D eigenvalue weighted by atomic mass is 19.1. The first-order valence-corrected chi connectivity index (χ1v) is 9.71. The number of guanidine groups is 1. The molecule has 0 unspecified atom stereocenters. The molecule has 0 radical (unpaired) electrons. The second-order valence-corrected chi connectivity index (χ2v) is 6.39. The molecule has 7 heteroatoms. The molecular weight excluding hydrogens is 383 g/mol. The molecule has 0 saturated carbocycles. The Morgan fingerprint density at radius 3 is 2.67 bits per heavy atom. The Morgan fingerprint density at radius 2 is 1.87 bits per heavy atom. The van der Waals surface area contributed by atoms with Gasteiger partial charge in [0.2, 0.25) is 5.88 Å². The zero-order valence-electron chi connectivity index (χ0n) is 17.1. The van der Waals surface area contributed by atoms with E-state index in [0.29, 0.717) is 30.7 Å². The lowest BCUT2D eigenvalue weighted by Crippen LogP contribution is -2.36. The van der Waals surface area contributed by atoms with E-state index in [1.165, 1.54) is 12.1 Å². The highest BCUT2D eigenvalue weighted by Crippen LogP contribution is 2.24. The molecule has 0 aliphatic carbocycles. The molecule has 0 bridgehead atoms. The summed E-state index contributed by atoms with van der Waals surface area (Å²) in [5.41, 5.74) is 1.82. The summed E-state index contributed by atoms with van der Waals surface area (Å²) in [6.07, 6.45) is 1.63. The molecule has 2 N–H and O–H groups in total. The van der Waals surface area contributed by atoms with Crippen molar-refractivity contribution in [3.63, 3.8) is 0 Å². The van der Waals surface area contributed by atoms with Gasteiger partial charge in [-0.25, -0.2) is 14.4 Å². The van der Waals surface area contributed by atoms with Gasteiger partial charge in [0, 0.05) is 36.5 Å². The van der Waals surface area contributed by atoms with E-state index in [1.54, 1.807) is 25.4 Å². The van der Waals surface area contributed by atoms with Gasteiger partial charge in [-0.3, -0.25) is 0 Å². The molecule has 0 aliphatic rings. The number of ether oxygens (including phenoxy) is 2. The number of aromatic nitrogens is 1. The van der Waals surface area contributed by atoms with Crippen LogP contribution in [0.1, 0.15) is 18.1 Å². The minimum atomic E-state index is -0.363. The van der Waals surface area contributed by atoms with E-state index in [4.69, 9.17) is 9.47 Å². The highest BCUT2D eigenvalue weighted by Gasteiger charge is 2.08. The summed E-state index contributed by atoms with van der Waals surface area (Å²) in [5.74, 6) is 1.90. The fourth-order valence-electron chi connectivity index (χ4n) is 2.81. The molecule has 6 nitrogen and oxygen atoms in total. The summed E-state index contributed by atoms with van der Waals surface area (Å²) >= 11 is 0. The van der Waals surface area contributed by atoms with Crippen molar-refractivity contribution in [1.82, 2.24) is 15.6 Å². The number of aliphatic imine (C=N–C) groups is 1. The molecule has 2 aromatic carbocycles. The molecular formula is C23H25FN4O2. The monoisotopic (exact) mass is 408 g/mol. The first kappa shape index (κ1) is 21.1.